The molecule has 172 valence electrons. The van der Waals surface area contributed by atoms with E-state index in [4.69, 9.17) is 21.1 Å². The number of methoxy groups -OCH3 is 1. The zero-order chi connectivity index (χ0) is 22.9. The molecule has 1 saturated heterocycles. The molecule has 3 rings (SSSR count). The first-order chi connectivity index (χ1) is 15.5. The van der Waals surface area contributed by atoms with Crippen LogP contribution in [0, 0.1) is 0 Å². The molecule has 1 amide bonds. The van der Waals surface area contributed by atoms with Crippen LogP contribution in [0.15, 0.2) is 48.5 Å². The molecule has 0 aliphatic carbocycles. The normalized spacial score (nSPS) is 15.7. The van der Waals surface area contributed by atoms with E-state index in [1.165, 1.54) is 25.3 Å². The van der Waals surface area contributed by atoms with Crippen molar-refractivity contribution in [3.8, 4) is 11.5 Å². The van der Waals surface area contributed by atoms with Gasteiger partial charge in [0.25, 0.3) is 0 Å². The van der Waals surface area contributed by atoms with E-state index in [1.54, 1.807) is 12.1 Å². The number of halogens is 3. The average molecular weight is 467 g/mol. The van der Waals surface area contributed by atoms with Crippen LogP contribution in [0.1, 0.15) is 17.2 Å². The SMILES string of the molecule is COc1cccc(/C=C\C(=O)NC[C@@H](c2ccc(Cl)cc2)N2CCOCC2)c1OC(F)F. The van der Waals surface area contributed by atoms with E-state index >= 15 is 0 Å². The maximum atomic E-state index is 12.8. The summed E-state index contributed by atoms with van der Waals surface area (Å²) in [5.74, 6) is -0.326. The standard InChI is InChI=1S/C23H25ClF2N2O4/c1-30-20-4-2-3-17(22(20)32-23(25)26)7-10-21(29)27-15-19(28-11-13-31-14-12-28)16-5-8-18(24)9-6-16/h2-10,19,23H,11-15H2,1H3,(H,27,29)/b10-7-/t19-/m0/s1. The van der Waals surface area contributed by atoms with Crippen molar-refractivity contribution < 1.29 is 27.8 Å². The van der Waals surface area contributed by atoms with Crippen LogP contribution in [0.25, 0.3) is 6.08 Å². The molecule has 0 radical (unpaired) electrons. The number of para-hydroxylation sites is 1. The van der Waals surface area contributed by atoms with Gasteiger partial charge in [0, 0.05) is 36.3 Å². The van der Waals surface area contributed by atoms with Gasteiger partial charge in [0.15, 0.2) is 11.5 Å². The van der Waals surface area contributed by atoms with Gasteiger partial charge in [0.05, 0.1) is 26.4 Å². The van der Waals surface area contributed by atoms with Gasteiger partial charge >= 0.3 is 6.61 Å². The maximum absolute atomic E-state index is 12.8. The number of hydrogen-bond donors (Lipinski definition) is 1. The molecule has 0 spiro atoms. The van der Waals surface area contributed by atoms with E-state index in [1.807, 2.05) is 24.3 Å². The molecular formula is C23H25ClF2N2O4. The van der Waals surface area contributed by atoms with E-state index in [-0.39, 0.29) is 23.4 Å². The minimum Gasteiger partial charge on any atom is -0.493 e. The Kier molecular flexibility index (Phi) is 8.84. The van der Waals surface area contributed by atoms with Crippen molar-refractivity contribution in [2.75, 3.05) is 40.0 Å². The highest BCUT2D eigenvalue weighted by Crippen LogP contribution is 2.33. The van der Waals surface area contributed by atoms with E-state index in [2.05, 4.69) is 15.0 Å². The van der Waals surface area contributed by atoms with Crippen LogP contribution in [0.4, 0.5) is 8.78 Å². The number of carbonyl (C=O) groups is 1. The number of rotatable bonds is 9. The van der Waals surface area contributed by atoms with Gasteiger partial charge in [0.2, 0.25) is 5.91 Å². The summed E-state index contributed by atoms with van der Waals surface area (Å²) >= 11 is 6.02. The summed E-state index contributed by atoms with van der Waals surface area (Å²) in [5.41, 5.74) is 1.34. The first-order valence-electron chi connectivity index (χ1n) is 10.1. The Morgan fingerprint density at radius 3 is 2.59 bits per heavy atom. The zero-order valence-corrected chi connectivity index (χ0v) is 18.4. The van der Waals surface area contributed by atoms with Crippen molar-refractivity contribution in [1.82, 2.24) is 10.2 Å². The fourth-order valence-electron chi connectivity index (χ4n) is 3.49. The summed E-state index contributed by atoms with van der Waals surface area (Å²) in [6.45, 7) is 0.0971. The molecule has 1 atom stereocenters. The van der Waals surface area contributed by atoms with E-state index in [0.29, 0.717) is 30.3 Å². The van der Waals surface area contributed by atoms with Crippen LogP contribution in [0.3, 0.4) is 0 Å². The Morgan fingerprint density at radius 1 is 1.22 bits per heavy atom. The highest BCUT2D eigenvalue weighted by molar-refractivity contribution is 6.30. The maximum Gasteiger partial charge on any atom is 0.387 e. The zero-order valence-electron chi connectivity index (χ0n) is 17.6. The number of ether oxygens (including phenoxy) is 3. The van der Waals surface area contributed by atoms with Crippen LogP contribution < -0.4 is 14.8 Å². The average Bonchev–Trinajstić information content (AvgIpc) is 2.80. The van der Waals surface area contributed by atoms with Crippen molar-refractivity contribution >= 4 is 23.6 Å². The lowest BCUT2D eigenvalue weighted by atomic mass is 10.0. The molecule has 0 unspecified atom stereocenters. The molecule has 9 heteroatoms. The molecule has 6 nitrogen and oxygen atoms in total. The summed E-state index contributed by atoms with van der Waals surface area (Å²) in [7, 11) is 1.36. The second kappa shape index (κ2) is 11.8. The third-order valence-corrected chi connectivity index (χ3v) is 5.31. The third kappa shape index (κ3) is 6.66. The summed E-state index contributed by atoms with van der Waals surface area (Å²) in [5, 5.41) is 3.53. The lowest BCUT2D eigenvalue weighted by Gasteiger charge is -2.34. The number of amides is 1. The van der Waals surface area contributed by atoms with Gasteiger partial charge in [-0.15, -0.1) is 0 Å². The molecule has 1 aliphatic heterocycles. The number of morpholine rings is 1. The third-order valence-electron chi connectivity index (χ3n) is 5.06. The van der Waals surface area contributed by atoms with Crippen molar-refractivity contribution in [2.45, 2.75) is 12.7 Å². The van der Waals surface area contributed by atoms with Gasteiger partial charge in [-0.05, 0) is 29.8 Å². The van der Waals surface area contributed by atoms with Crippen LogP contribution in [0.2, 0.25) is 5.02 Å². The largest absolute Gasteiger partial charge is 0.493 e. The molecule has 1 N–H and O–H groups in total. The Hall–Kier alpha value is -2.68. The summed E-state index contributed by atoms with van der Waals surface area (Å²) in [6.07, 6.45) is 2.70. The van der Waals surface area contributed by atoms with Crippen molar-refractivity contribution in [3.63, 3.8) is 0 Å². The lowest BCUT2D eigenvalue weighted by molar-refractivity contribution is -0.116. The van der Waals surface area contributed by atoms with E-state index in [9.17, 15) is 13.6 Å². The fraction of sp³-hybridized carbons (Fsp3) is 0.348. The molecule has 1 aliphatic rings. The van der Waals surface area contributed by atoms with E-state index < -0.39 is 6.61 Å². The second-order valence-corrected chi connectivity index (χ2v) is 7.49. The van der Waals surface area contributed by atoms with Crippen LogP contribution in [-0.4, -0.2) is 57.4 Å². The predicted molar refractivity (Wildman–Crippen MR) is 118 cm³/mol. The number of nitrogens with zero attached hydrogens (tertiary/aromatic N) is 1. The van der Waals surface area contributed by atoms with Gasteiger partial charge in [-0.1, -0.05) is 35.9 Å². The summed E-state index contributed by atoms with van der Waals surface area (Å²) in [4.78, 5) is 14.7. The van der Waals surface area contributed by atoms with Crippen molar-refractivity contribution in [2.24, 2.45) is 0 Å². The van der Waals surface area contributed by atoms with Gasteiger partial charge in [-0.2, -0.15) is 8.78 Å². The van der Waals surface area contributed by atoms with E-state index in [0.717, 1.165) is 18.7 Å². The number of carbonyl (C=O) groups excluding carboxylic acids is 1. The molecular weight excluding hydrogens is 442 g/mol. The molecule has 2 aromatic rings. The molecule has 1 fully saturated rings. The van der Waals surface area contributed by atoms with Gasteiger partial charge in [-0.3, -0.25) is 9.69 Å². The first-order valence-corrected chi connectivity index (χ1v) is 10.5. The number of hydrogen-bond acceptors (Lipinski definition) is 5. The predicted octanol–water partition coefficient (Wildman–Crippen LogP) is 4.15. The molecule has 0 aromatic heterocycles. The van der Waals surface area contributed by atoms with Crippen LogP contribution in [-0.2, 0) is 9.53 Å². The molecule has 1 heterocycles. The fourth-order valence-corrected chi connectivity index (χ4v) is 3.62. The monoisotopic (exact) mass is 466 g/mol. The van der Waals surface area contributed by atoms with Crippen LogP contribution in [0.5, 0.6) is 11.5 Å². The summed E-state index contributed by atoms with van der Waals surface area (Å²) < 4.78 is 40.7. The number of nitrogens with one attached hydrogen (secondary N) is 1. The quantitative estimate of drug-likeness (QED) is 0.562. The number of alkyl halides is 2. The Bertz CT molecular complexity index is 919. The van der Waals surface area contributed by atoms with Gasteiger partial charge in [-0.25, -0.2) is 0 Å². The molecule has 32 heavy (non-hydrogen) atoms. The first kappa shape index (κ1) is 24.0. The number of benzene rings is 2. The Labute approximate surface area is 190 Å². The summed E-state index contributed by atoms with van der Waals surface area (Å²) in [6, 6.07) is 12.2. The van der Waals surface area contributed by atoms with Crippen molar-refractivity contribution in [3.05, 3.63) is 64.7 Å². The van der Waals surface area contributed by atoms with Crippen molar-refractivity contribution in [1.29, 1.82) is 0 Å². The highest BCUT2D eigenvalue weighted by atomic mass is 35.5. The van der Waals surface area contributed by atoms with Crippen LogP contribution >= 0.6 is 11.6 Å². The topological polar surface area (TPSA) is 60.0 Å². The minimum absolute atomic E-state index is 0.0527. The molecule has 0 bridgehead atoms. The highest BCUT2D eigenvalue weighted by Gasteiger charge is 2.23. The van der Waals surface area contributed by atoms with Gasteiger partial charge < -0.3 is 19.5 Å². The lowest BCUT2D eigenvalue weighted by Crippen LogP contribution is -2.43. The Morgan fingerprint density at radius 2 is 1.94 bits per heavy atom. The van der Waals surface area contributed by atoms with Gasteiger partial charge in [0.1, 0.15) is 0 Å². The molecule has 2 aromatic carbocycles. The molecule has 0 saturated carbocycles. The Balaban J connectivity index is 1.70. The smallest absolute Gasteiger partial charge is 0.387 e. The minimum atomic E-state index is -3.01. The second-order valence-electron chi connectivity index (χ2n) is 7.05.